The van der Waals surface area contributed by atoms with Crippen molar-refractivity contribution in [1.82, 2.24) is 9.62 Å². The molecule has 0 heterocycles. The predicted molar refractivity (Wildman–Crippen MR) is 120 cm³/mol. The number of nitrogens with one attached hydrogen (secondary N) is 1. The van der Waals surface area contributed by atoms with Crippen molar-refractivity contribution in [2.24, 2.45) is 0 Å². The predicted octanol–water partition coefficient (Wildman–Crippen LogP) is 4.00. The first kappa shape index (κ1) is 23.7. The Morgan fingerprint density at radius 2 is 1.78 bits per heavy atom. The van der Waals surface area contributed by atoms with Gasteiger partial charge in [0.05, 0.1) is 18.6 Å². The zero-order chi connectivity index (χ0) is 23.1. The van der Waals surface area contributed by atoms with E-state index in [0.717, 1.165) is 22.0 Å². The fourth-order valence-corrected chi connectivity index (χ4v) is 4.57. The zero-order valence-electron chi connectivity index (χ0n) is 17.3. The van der Waals surface area contributed by atoms with E-state index in [1.54, 1.807) is 49.6 Å². The van der Waals surface area contributed by atoms with Crippen LogP contribution in [0.25, 0.3) is 0 Å². The zero-order valence-corrected chi connectivity index (χ0v) is 18.9. The van der Waals surface area contributed by atoms with Gasteiger partial charge in [0.1, 0.15) is 11.6 Å². The van der Waals surface area contributed by atoms with Gasteiger partial charge in [0, 0.05) is 18.1 Å². The van der Waals surface area contributed by atoms with E-state index >= 15 is 0 Å². The second kappa shape index (κ2) is 10.6. The van der Waals surface area contributed by atoms with E-state index in [0.29, 0.717) is 16.3 Å². The summed E-state index contributed by atoms with van der Waals surface area (Å²) in [5, 5.41) is 3.10. The van der Waals surface area contributed by atoms with Crippen LogP contribution in [0.3, 0.4) is 0 Å². The Balaban J connectivity index is 1.80. The summed E-state index contributed by atoms with van der Waals surface area (Å²) in [4.78, 5) is 12.5. The highest BCUT2D eigenvalue weighted by Gasteiger charge is 2.27. The second-order valence-corrected chi connectivity index (χ2v) is 9.29. The minimum Gasteiger partial charge on any atom is -0.497 e. The van der Waals surface area contributed by atoms with Crippen molar-refractivity contribution in [2.75, 3.05) is 13.7 Å². The SMILES string of the molecule is COc1cccc(CNC(=O)CN(Cc2ccccc2Cl)S(=O)(=O)c2ccc(F)cc2)c1. The highest BCUT2D eigenvalue weighted by molar-refractivity contribution is 7.89. The van der Waals surface area contributed by atoms with Gasteiger partial charge in [-0.1, -0.05) is 41.9 Å². The molecule has 3 aromatic carbocycles. The Labute approximate surface area is 191 Å². The number of sulfonamides is 1. The van der Waals surface area contributed by atoms with Gasteiger partial charge in [0.25, 0.3) is 0 Å². The Bertz CT molecular complexity index is 1190. The molecule has 32 heavy (non-hydrogen) atoms. The first-order chi connectivity index (χ1) is 15.3. The molecule has 0 spiro atoms. The lowest BCUT2D eigenvalue weighted by molar-refractivity contribution is -0.121. The number of hydrogen-bond acceptors (Lipinski definition) is 4. The van der Waals surface area contributed by atoms with Crippen molar-refractivity contribution >= 4 is 27.5 Å². The lowest BCUT2D eigenvalue weighted by Crippen LogP contribution is -2.40. The highest BCUT2D eigenvalue weighted by Crippen LogP contribution is 2.22. The Morgan fingerprint density at radius 1 is 1.06 bits per heavy atom. The number of nitrogens with zero attached hydrogens (tertiary/aromatic N) is 1. The quantitative estimate of drug-likeness (QED) is 0.506. The molecular formula is C23H22ClFN2O4S. The lowest BCUT2D eigenvalue weighted by atomic mass is 10.2. The molecule has 0 radical (unpaired) electrons. The van der Waals surface area contributed by atoms with Crippen LogP contribution in [-0.2, 0) is 27.9 Å². The molecule has 168 valence electrons. The van der Waals surface area contributed by atoms with Crippen LogP contribution >= 0.6 is 11.6 Å². The van der Waals surface area contributed by atoms with Crippen molar-refractivity contribution in [3.05, 3.63) is 94.8 Å². The molecule has 9 heteroatoms. The van der Waals surface area contributed by atoms with Gasteiger partial charge in [0.15, 0.2) is 0 Å². The summed E-state index contributed by atoms with van der Waals surface area (Å²) in [5.41, 5.74) is 1.34. The summed E-state index contributed by atoms with van der Waals surface area (Å²) in [6.45, 7) is -0.354. The van der Waals surface area contributed by atoms with Gasteiger partial charge in [-0.3, -0.25) is 4.79 Å². The van der Waals surface area contributed by atoms with E-state index in [2.05, 4.69) is 5.32 Å². The summed E-state index contributed by atoms with van der Waals surface area (Å²) in [6, 6.07) is 18.4. The fraction of sp³-hybridized carbons (Fsp3) is 0.174. The minimum atomic E-state index is -4.09. The molecule has 3 aromatic rings. The topological polar surface area (TPSA) is 75.7 Å². The molecule has 6 nitrogen and oxygen atoms in total. The van der Waals surface area contributed by atoms with Crippen LogP contribution in [0.1, 0.15) is 11.1 Å². The average molecular weight is 477 g/mol. The fourth-order valence-electron chi connectivity index (χ4n) is 3.00. The number of ether oxygens (including phenoxy) is 1. The number of benzene rings is 3. The minimum absolute atomic E-state index is 0.119. The van der Waals surface area contributed by atoms with Gasteiger partial charge in [-0.2, -0.15) is 4.31 Å². The lowest BCUT2D eigenvalue weighted by Gasteiger charge is -2.22. The van der Waals surface area contributed by atoms with Crippen LogP contribution < -0.4 is 10.1 Å². The average Bonchev–Trinajstić information content (AvgIpc) is 2.79. The first-order valence-electron chi connectivity index (χ1n) is 9.68. The third kappa shape index (κ3) is 6.06. The van der Waals surface area contributed by atoms with Crippen LogP contribution in [0, 0.1) is 5.82 Å². The Kier molecular flexibility index (Phi) is 7.84. The molecular weight excluding hydrogens is 455 g/mol. The largest absolute Gasteiger partial charge is 0.497 e. The molecule has 0 aliphatic carbocycles. The van der Waals surface area contributed by atoms with Crippen molar-refractivity contribution in [1.29, 1.82) is 0 Å². The summed E-state index contributed by atoms with van der Waals surface area (Å²) < 4.78 is 45.9. The van der Waals surface area contributed by atoms with Crippen molar-refractivity contribution in [3.8, 4) is 5.75 Å². The van der Waals surface area contributed by atoms with E-state index in [1.165, 1.54) is 12.1 Å². The van der Waals surface area contributed by atoms with Crippen LogP contribution in [0.4, 0.5) is 4.39 Å². The molecule has 0 saturated carbocycles. The molecule has 0 aromatic heterocycles. The molecule has 1 N–H and O–H groups in total. The highest BCUT2D eigenvalue weighted by atomic mass is 35.5. The van der Waals surface area contributed by atoms with Gasteiger partial charge in [0.2, 0.25) is 15.9 Å². The summed E-state index contributed by atoms with van der Waals surface area (Å²) in [5.74, 6) is -0.404. The summed E-state index contributed by atoms with van der Waals surface area (Å²) in [7, 11) is -2.55. The van der Waals surface area contributed by atoms with Crippen LogP contribution in [-0.4, -0.2) is 32.3 Å². The second-order valence-electron chi connectivity index (χ2n) is 6.95. The molecule has 3 rings (SSSR count). The van der Waals surface area contributed by atoms with Gasteiger partial charge in [-0.25, -0.2) is 12.8 Å². The van der Waals surface area contributed by atoms with E-state index in [-0.39, 0.29) is 18.0 Å². The number of methoxy groups -OCH3 is 1. The number of carbonyl (C=O) groups excluding carboxylic acids is 1. The van der Waals surface area contributed by atoms with Gasteiger partial charge >= 0.3 is 0 Å². The van der Waals surface area contributed by atoms with Crippen molar-refractivity contribution < 1.29 is 22.3 Å². The molecule has 0 atom stereocenters. The molecule has 0 saturated heterocycles. The first-order valence-corrected chi connectivity index (χ1v) is 11.5. The van der Waals surface area contributed by atoms with E-state index in [9.17, 15) is 17.6 Å². The third-order valence-corrected chi connectivity index (χ3v) is 6.87. The summed E-state index contributed by atoms with van der Waals surface area (Å²) in [6.07, 6.45) is 0. The standard InChI is InChI=1S/C23H22ClFN2O4S/c1-31-20-7-4-5-17(13-20)14-26-23(28)16-27(15-18-6-2-3-8-22(18)24)32(29,30)21-11-9-19(25)10-12-21/h2-13H,14-16H2,1H3,(H,26,28). The normalized spacial score (nSPS) is 11.4. The number of hydrogen-bond donors (Lipinski definition) is 1. The van der Waals surface area contributed by atoms with Crippen molar-refractivity contribution in [2.45, 2.75) is 18.0 Å². The summed E-state index contributed by atoms with van der Waals surface area (Å²) >= 11 is 6.21. The molecule has 0 fully saturated rings. The monoisotopic (exact) mass is 476 g/mol. The molecule has 1 amide bonds. The maximum absolute atomic E-state index is 13.3. The van der Waals surface area contributed by atoms with Gasteiger partial charge < -0.3 is 10.1 Å². The number of rotatable bonds is 9. The smallest absolute Gasteiger partial charge is 0.243 e. The molecule has 0 aliphatic rings. The third-order valence-electron chi connectivity index (χ3n) is 4.70. The molecule has 0 aliphatic heterocycles. The maximum atomic E-state index is 13.3. The number of carbonyl (C=O) groups is 1. The van der Waals surface area contributed by atoms with E-state index in [1.807, 2.05) is 6.07 Å². The molecule has 0 bridgehead atoms. The van der Waals surface area contributed by atoms with Gasteiger partial charge in [-0.05, 0) is 53.6 Å². The van der Waals surface area contributed by atoms with Crippen molar-refractivity contribution in [3.63, 3.8) is 0 Å². The van der Waals surface area contributed by atoms with E-state index in [4.69, 9.17) is 16.3 Å². The van der Waals surface area contributed by atoms with Gasteiger partial charge in [-0.15, -0.1) is 0 Å². The maximum Gasteiger partial charge on any atom is 0.243 e. The van der Waals surface area contributed by atoms with E-state index < -0.39 is 28.3 Å². The Morgan fingerprint density at radius 3 is 2.47 bits per heavy atom. The number of halogens is 2. The molecule has 0 unspecified atom stereocenters. The Hall–Kier alpha value is -2.94. The van der Waals surface area contributed by atoms with Crippen LogP contribution in [0.5, 0.6) is 5.75 Å². The van der Waals surface area contributed by atoms with Crippen LogP contribution in [0.2, 0.25) is 5.02 Å². The number of amides is 1. The van der Waals surface area contributed by atoms with Crippen LogP contribution in [0.15, 0.2) is 77.7 Å².